The maximum absolute atomic E-state index is 14.1. The Morgan fingerprint density at radius 3 is 2.90 bits per heavy atom. The van der Waals surface area contributed by atoms with Crippen LogP contribution in [0.3, 0.4) is 0 Å². The second-order valence-corrected chi connectivity index (χ2v) is 5.45. The molecule has 2 rings (SSSR count). The van der Waals surface area contributed by atoms with Crippen molar-refractivity contribution in [3.8, 4) is 0 Å². The standard InChI is InChI=1S/C16H21ClFN3/c1-3-8-21-9-7-20-16(21)11-15(19-4-2)13-10-12(17)5-6-14(13)18/h5-7,9-10,15,19H,3-4,8,11H2,1-2H3. The number of hydrogen-bond donors (Lipinski definition) is 1. The number of aryl methyl sites for hydroxylation is 1. The largest absolute Gasteiger partial charge is 0.335 e. The molecule has 0 spiro atoms. The van der Waals surface area contributed by atoms with Gasteiger partial charge in [0.15, 0.2) is 0 Å². The number of rotatable bonds is 7. The van der Waals surface area contributed by atoms with Crippen molar-refractivity contribution in [3.63, 3.8) is 0 Å². The minimum Gasteiger partial charge on any atom is -0.335 e. The lowest BCUT2D eigenvalue weighted by Gasteiger charge is -2.19. The SMILES string of the molecule is CCCn1ccnc1CC(NCC)c1cc(Cl)ccc1F. The molecule has 0 aliphatic rings. The van der Waals surface area contributed by atoms with Crippen molar-refractivity contribution in [2.75, 3.05) is 6.54 Å². The Bertz CT molecular complexity index is 583. The van der Waals surface area contributed by atoms with Crippen LogP contribution in [0.25, 0.3) is 0 Å². The Morgan fingerprint density at radius 2 is 2.19 bits per heavy atom. The first-order chi connectivity index (χ1) is 10.2. The first-order valence-electron chi connectivity index (χ1n) is 7.34. The van der Waals surface area contributed by atoms with Gasteiger partial charge in [0.1, 0.15) is 11.6 Å². The number of halogens is 2. The molecule has 5 heteroatoms. The average molecular weight is 310 g/mol. The van der Waals surface area contributed by atoms with E-state index >= 15 is 0 Å². The van der Waals surface area contributed by atoms with E-state index in [1.54, 1.807) is 18.3 Å². The summed E-state index contributed by atoms with van der Waals surface area (Å²) in [5.41, 5.74) is 0.593. The van der Waals surface area contributed by atoms with Crippen LogP contribution in [-0.2, 0) is 13.0 Å². The molecule has 0 amide bonds. The fourth-order valence-electron chi connectivity index (χ4n) is 2.48. The summed E-state index contributed by atoms with van der Waals surface area (Å²) in [6, 6.07) is 4.55. The molecule has 0 saturated carbocycles. The normalized spacial score (nSPS) is 12.6. The van der Waals surface area contributed by atoms with Crippen LogP contribution in [0, 0.1) is 5.82 Å². The molecule has 1 aromatic heterocycles. The third-order valence-electron chi connectivity index (χ3n) is 3.44. The summed E-state index contributed by atoms with van der Waals surface area (Å²) >= 11 is 6.01. The third-order valence-corrected chi connectivity index (χ3v) is 3.67. The Morgan fingerprint density at radius 1 is 1.38 bits per heavy atom. The molecular formula is C16H21ClFN3. The topological polar surface area (TPSA) is 29.9 Å². The van der Waals surface area contributed by atoms with Gasteiger partial charge in [0.2, 0.25) is 0 Å². The Hall–Kier alpha value is -1.39. The number of imidazole rings is 1. The maximum Gasteiger partial charge on any atom is 0.128 e. The number of aromatic nitrogens is 2. The van der Waals surface area contributed by atoms with Crippen molar-refractivity contribution >= 4 is 11.6 Å². The predicted molar refractivity (Wildman–Crippen MR) is 84.0 cm³/mol. The van der Waals surface area contributed by atoms with Crippen LogP contribution in [0.15, 0.2) is 30.6 Å². The summed E-state index contributed by atoms with van der Waals surface area (Å²) in [5.74, 6) is 0.723. The van der Waals surface area contributed by atoms with Crippen LogP contribution in [-0.4, -0.2) is 16.1 Å². The zero-order valence-corrected chi connectivity index (χ0v) is 13.2. The van der Waals surface area contributed by atoms with Gasteiger partial charge in [0.25, 0.3) is 0 Å². The van der Waals surface area contributed by atoms with E-state index in [1.807, 2.05) is 13.1 Å². The van der Waals surface area contributed by atoms with Crippen molar-refractivity contribution in [1.29, 1.82) is 0 Å². The first-order valence-corrected chi connectivity index (χ1v) is 7.71. The second-order valence-electron chi connectivity index (χ2n) is 5.02. The van der Waals surface area contributed by atoms with Gasteiger partial charge in [-0.05, 0) is 31.2 Å². The van der Waals surface area contributed by atoms with Gasteiger partial charge in [-0.2, -0.15) is 0 Å². The van der Waals surface area contributed by atoms with Crippen molar-refractivity contribution < 1.29 is 4.39 Å². The number of likely N-dealkylation sites (N-methyl/N-ethyl adjacent to an activating group) is 1. The zero-order valence-electron chi connectivity index (χ0n) is 12.4. The van der Waals surface area contributed by atoms with Gasteiger partial charge in [-0.15, -0.1) is 0 Å². The number of hydrogen-bond acceptors (Lipinski definition) is 2. The van der Waals surface area contributed by atoms with E-state index in [1.165, 1.54) is 6.07 Å². The van der Waals surface area contributed by atoms with Crippen LogP contribution < -0.4 is 5.32 Å². The van der Waals surface area contributed by atoms with Crippen LogP contribution in [0.5, 0.6) is 0 Å². The van der Waals surface area contributed by atoms with Gasteiger partial charge in [-0.25, -0.2) is 9.37 Å². The molecule has 2 aromatic rings. The van der Waals surface area contributed by atoms with Crippen LogP contribution in [0.2, 0.25) is 5.02 Å². The van der Waals surface area contributed by atoms with E-state index in [2.05, 4.69) is 21.8 Å². The van der Waals surface area contributed by atoms with Crippen LogP contribution >= 0.6 is 11.6 Å². The summed E-state index contributed by atoms with van der Waals surface area (Å²) in [7, 11) is 0. The van der Waals surface area contributed by atoms with E-state index in [4.69, 9.17) is 11.6 Å². The Balaban J connectivity index is 2.26. The average Bonchev–Trinajstić information content (AvgIpc) is 2.89. The molecular weight excluding hydrogens is 289 g/mol. The molecule has 0 bridgehead atoms. The van der Waals surface area contributed by atoms with Gasteiger partial charge >= 0.3 is 0 Å². The minimum absolute atomic E-state index is 0.133. The molecule has 21 heavy (non-hydrogen) atoms. The third kappa shape index (κ3) is 4.05. The Kier molecular flexibility index (Phi) is 5.76. The van der Waals surface area contributed by atoms with E-state index in [0.29, 0.717) is 17.0 Å². The number of nitrogens with one attached hydrogen (secondary N) is 1. The predicted octanol–water partition coefficient (Wildman–Crippen LogP) is 3.98. The van der Waals surface area contributed by atoms with Gasteiger partial charge in [-0.3, -0.25) is 0 Å². The molecule has 1 aromatic carbocycles. The summed E-state index contributed by atoms with van der Waals surface area (Å²) in [4.78, 5) is 4.40. The van der Waals surface area contributed by atoms with E-state index in [9.17, 15) is 4.39 Å². The molecule has 1 atom stereocenters. The van der Waals surface area contributed by atoms with Crippen LogP contribution in [0.4, 0.5) is 4.39 Å². The molecule has 0 aliphatic heterocycles. The van der Waals surface area contributed by atoms with Crippen molar-refractivity contribution in [2.45, 2.75) is 39.3 Å². The fourth-order valence-corrected chi connectivity index (χ4v) is 2.66. The van der Waals surface area contributed by atoms with Crippen LogP contribution in [0.1, 0.15) is 37.7 Å². The lowest BCUT2D eigenvalue weighted by molar-refractivity contribution is 0.489. The fraction of sp³-hybridized carbons (Fsp3) is 0.438. The van der Waals surface area contributed by atoms with E-state index < -0.39 is 0 Å². The van der Waals surface area contributed by atoms with Gasteiger partial charge in [-0.1, -0.05) is 25.4 Å². The smallest absolute Gasteiger partial charge is 0.128 e. The molecule has 1 N–H and O–H groups in total. The number of benzene rings is 1. The van der Waals surface area contributed by atoms with Crippen molar-refractivity contribution in [2.24, 2.45) is 0 Å². The second kappa shape index (κ2) is 7.57. The molecule has 0 fully saturated rings. The number of nitrogens with zero attached hydrogens (tertiary/aromatic N) is 2. The van der Waals surface area contributed by atoms with E-state index in [-0.39, 0.29) is 11.9 Å². The summed E-state index contributed by atoms with van der Waals surface area (Å²) in [6.45, 7) is 5.81. The summed E-state index contributed by atoms with van der Waals surface area (Å²) in [5, 5.41) is 3.87. The maximum atomic E-state index is 14.1. The minimum atomic E-state index is -0.237. The lowest BCUT2D eigenvalue weighted by atomic mass is 10.0. The lowest BCUT2D eigenvalue weighted by Crippen LogP contribution is -2.25. The highest BCUT2D eigenvalue weighted by atomic mass is 35.5. The molecule has 1 unspecified atom stereocenters. The Labute approximate surface area is 130 Å². The quantitative estimate of drug-likeness (QED) is 0.838. The highest BCUT2D eigenvalue weighted by molar-refractivity contribution is 6.30. The van der Waals surface area contributed by atoms with E-state index in [0.717, 1.165) is 25.3 Å². The highest BCUT2D eigenvalue weighted by Crippen LogP contribution is 2.24. The van der Waals surface area contributed by atoms with Gasteiger partial charge < -0.3 is 9.88 Å². The summed E-state index contributed by atoms with van der Waals surface area (Å²) in [6.07, 6.45) is 5.44. The molecule has 0 radical (unpaired) electrons. The molecule has 1 heterocycles. The molecule has 0 saturated heterocycles. The van der Waals surface area contributed by atoms with Gasteiger partial charge in [0.05, 0.1) is 0 Å². The monoisotopic (exact) mass is 309 g/mol. The van der Waals surface area contributed by atoms with Crippen molar-refractivity contribution in [1.82, 2.24) is 14.9 Å². The molecule has 114 valence electrons. The highest BCUT2D eigenvalue weighted by Gasteiger charge is 2.18. The molecule has 3 nitrogen and oxygen atoms in total. The first kappa shape index (κ1) is 16.0. The summed E-state index contributed by atoms with van der Waals surface area (Å²) < 4.78 is 16.2. The zero-order chi connectivity index (χ0) is 15.2. The molecule has 0 aliphatic carbocycles. The van der Waals surface area contributed by atoms with Gasteiger partial charge in [0, 0.05) is 42.0 Å². The van der Waals surface area contributed by atoms with Crippen molar-refractivity contribution in [3.05, 3.63) is 52.8 Å².